The molecule has 0 heterocycles. The Morgan fingerprint density at radius 2 is 1.73 bits per heavy atom. The Kier molecular flexibility index (Phi) is 7.13. The fourth-order valence-electron chi connectivity index (χ4n) is 1.13. The smallest absolute Gasteiger partial charge is 0.148 e. The van der Waals surface area contributed by atoms with E-state index in [1.807, 2.05) is 0 Å². The highest BCUT2D eigenvalue weighted by molar-refractivity contribution is 7.90. The second-order valence-electron chi connectivity index (χ2n) is 4.44. The van der Waals surface area contributed by atoms with Crippen LogP contribution >= 0.6 is 0 Å². The molecule has 4 nitrogen and oxygen atoms in total. The third-order valence-corrected chi connectivity index (χ3v) is 3.02. The molecule has 1 atom stereocenters. The molecule has 15 heavy (non-hydrogen) atoms. The monoisotopic (exact) mass is 237 g/mol. The van der Waals surface area contributed by atoms with Gasteiger partial charge >= 0.3 is 0 Å². The predicted octanol–water partition coefficient (Wildman–Crippen LogP) is 0.811. The summed E-state index contributed by atoms with van der Waals surface area (Å²) in [6.45, 7) is 5.55. The van der Waals surface area contributed by atoms with E-state index in [1.54, 1.807) is 0 Å². The van der Waals surface area contributed by atoms with E-state index in [0.717, 1.165) is 13.0 Å². The summed E-state index contributed by atoms with van der Waals surface area (Å²) in [7, 11) is -2.96. The molecule has 0 aromatic heterocycles. The highest BCUT2D eigenvalue weighted by Crippen LogP contribution is 2.00. The second-order valence-corrected chi connectivity index (χ2v) is 6.62. The molecule has 92 valence electrons. The Bertz CT molecular complexity index is 249. The third-order valence-electron chi connectivity index (χ3n) is 1.99. The lowest BCUT2D eigenvalue weighted by Crippen LogP contribution is -2.30. The molecule has 0 saturated carbocycles. The Hall–Kier alpha value is -0.130. The van der Waals surface area contributed by atoms with Crippen LogP contribution in [0.1, 0.15) is 26.7 Å². The molecule has 0 rings (SSSR count). The van der Waals surface area contributed by atoms with Crippen LogP contribution in [0.2, 0.25) is 0 Å². The van der Waals surface area contributed by atoms with Crippen molar-refractivity contribution in [1.82, 2.24) is 0 Å². The van der Waals surface area contributed by atoms with Gasteiger partial charge in [0.1, 0.15) is 9.84 Å². The van der Waals surface area contributed by atoms with E-state index >= 15 is 0 Å². The van der Waals surface area contributed by atoms with Gasteiger partial charge in [-0.25, -0.2) is 8.42 Å². The maximum Gasteiger partial charge on any atom is 0.148 e. The topological polar surface area (TPSA) is 69.4 Å². The fourth-order valence-corrected chi connectivity index (χ4v) is 2.07. The minimum absolute atomic E-state index is 0.0422. The van der Waals surface area contributed by atoms with Gasteiger partial charge < -0.3 is 10.5 Å². The molecular formula is C10H23NO3S. The third kappa shape index (κ3) is 11.8. The Labute approximate surface area is 93.1 Å². The Morgan fingerprint density at radius 1 is 1.20 bits per heavy atom. The first kappa shape index (κ1) is 14.9. The minimum Gasteiger partial charge on any atom is -0.381 e. The first-order valence-corrected chi connectivity index (χ1v) is 7.38. The minimum atomic E-state index is -2.96. The van der Waals surface area contributed by atoms with Crippen LogP contribution in [0.5, 0.6) is 0 Å². The van der Waals surface area contributed by atoms with E-state index in [2.05, 4.69) is 13.8 Å². The van der Waals surface area contributed by atoms with Crippen LogP contribution in [-0.2, 0) is 14.6 Å². The van der Waals surface area contributed by atoms with Gasteiger partial charge in [-0.3, -0.25) is 0 Å². The Balaban J connectivity index is 3.44. The van der Waals surface area contributed by atoms with E-state index in [9.17, 15) is 8.42 Å². The maximum absolute atomic E-state index is 10.9. The number of ether oxygens (including phenoxy) is 1. The van der Waals surface area contributed by atoms with Crippen molar-refractivity contribution in [3.8, 4) is 0 Å². The summed E-state index contributed by atoms with van der Waals surface area (Å²) in [5, 5.41) is 0. The fraction of sp³-hybridized carbons (Fsp3) is 1.00. The van der Waals surface area contributed by atoms with Gasteiger partial charge in [-0.05, 0) is 18.8 Å². The molecule has 0 aliphatic carbocycles. The van der Waals surface area contributed by atoms with Crippen molar-refractivity contribution >= 4 is 9.84 Å². The summed E-state index contributed by atoms with van der Waals surface area (Å²) in [6.07, 6.45) is 2.83. The summed E-state index contributed by atoms with van der Waals surface area (Å²) < 4.78 is 27.2. The predicted molar refractivity (Wildman–Crippen MR) is 62.6 cm³/mol. The van der Waals surface area contributed by atoms with Crippen molar-refractivity contribution in [3.63, 3.8) is 0 Å². The average molecular weight is 237 g/mol. The van der Waals surface area contributed by atoms with Gasteiger partial charge in [0.15, 0.2) is 0 Å². The van der Waals surface area contributed by atoms with Crippen molar-refractivity contribution in [2.45, 2.75) is 32.7 Å². The largest absolute Gasteiger partial charge is 0.381 e. The lowest BCUT2D eigenvalue weighted by atomic mass is 10.1. The standard InChI is InChI=1S/C10H23NO3S/c1-9(2)4-6-14-7-5-10(11)8-15(3,12)13/h9-10H,4-8,11H2,1-3H3. The van der Waals surface area contributed by atoms with Gasteiger partial charge in [-0.1, -0.05) is 13.8 Å². The second kappa shape index (κ2) is 7.19. The molecule has 0 amide bonds. The van der Waals surface area contributed by atoms with E-state index in [1.165, 1.54) is 6.26 Å². The van der Waals surface area contributed by atoms with Crippen molar-refractivity contribution in [2.75, 3.05) is 25.2 Å². The molecule has 2 N–H and O–H groups in total. The van der Waals surface area contributed by atoms with Gasteiger partial charge in [0, 0.05) is 25.5 Å². The lowest BCUT2D eigenvalue weighted by Gasteiger charge is -2.11. The summed E-state index contributed by atoms with van der Waals surface area (Å²) in [5.74, 6) is 0.676. The highest BCUT2D eigenvalue weighted by atomic mass is 32.2. The number of hydrogen-bond acceptors (Lipinski definition) is 4. The molecule has 0 aromatic carbocycles. The van der Waals surface area contributed by atoms with Crippen LogP contribution < -0.4 is 5.73 Å². The summed E-state index contributed by atoms with van der Waals surface area (Å²) >= 11 is 0. The summed E-state index contributed by atoms with van der Waals surface area (Å²) in [4.78, 5) is 0. The summed E-state index contributed by atoms with van der Waals surface area (Å²) in [5.41, 5.74) is 5.64. The van der Waals surface area contributed by atoms with Crippen molar-refractivity contribution < 1.29 is 13.2 Å². The van der Waals surface area contributed by atoms with Crippen LogP contribution in [0.15, 0.2) is 0 Å². The highest BCUT2D eigenvalue weighted by Gasteiger charge is 2.10. The molecule has 0 aromatic rings. The molecule has 0 fully saturated rings. The zero-order valence-electron chi connectivity index (χ0n) is 9.90. The number of hydrogen-bond donors (Lipinski definition) is 1. The van der Waals surface area contributed by atoms with Gasteiger partial charge in [-0.2, -0.15) is 0 Å². The molecule has 5 heteroatoms. The first-order chi connectivity index (χ1) is 6.81. The van der Waals surface area contributed by atoms with Crippen molar-refractivity contribution in [3.05, 3.63) is 0 Å². The van der Waals surface area contributed by atoms with Crippen molar-refractivity contribution in [2.24, 2.45) is 11.7 Å². The van der Waals surface area contributed by atoms with Crippen LogP contribution in [0.4, 0.5) is 0 Å². The number of sulfone groups is 1. The lowest BCUT2D eigenvalue weighted by molar-refractivity contribution is 0.118. The average Bonchev–Trinajstić information content (AvgIpc) is 1.99. The zero-order chi connectivity index (χ0) is 11.9. The first-order valence-electron chi connectivity index (χ1n) is 5.32. The zero-order valence-corrected chi connectivity index (χ0v) is 10.7. The molecule has 0 bridgehead atoms. The van der Waals surface area contributed by atoms with Gasteiger partial charge in [0.05, 0.1) is 5.75 Å². The molecular weight excluding hydrogens is 214 g/mol. The van der Waals surface area contributed by atoms with Crippen LogP contribution in [-0.4, -0.2) is 39.7 Å². The van der Waals surface area contributed by atoms with E-state index in [0.29, 0.717) is 18.9 Å². The molecule has 0 aliphatic rings. The quantitative estimate of drug-likeness (QED) is 0.634. The van der Waals surface area contributed by atoms with Gasteiger partial charge in [0.25, 0.3) is 0 Å². The van der Waals surface area contributed by atoms with Crippen LogP contribution in [0.3, 0.4) is 0 Å². The SMILES string of the molecule is CC(C)CCOCCC(N)CS(C)(=O)=O. The normalized spacial score (nSPS) is 14.5. The van der Waals surface area contributed by atoms with Gasteiger partial charge in [0.2, 0.25) is 0 Å². The summed E-state index contributed by atoms with van der Waals surface area (Å²) in [6, 6.07) is -0.306. The van der Waals surface area contributed by atoms with E-state index in [4.69, 9.17) is 10.5 Å². The Morgan fingerprint density at radius 3 is 2.20 bits per heavy atom. The molecule has 0 saturated heterocycles. The molecule has 1 unspecified atom stereocenters. The van der Waals surface area contributed by atoms with Crippen molar-refractivity contribution in [1.29, 1.82) is 0 Å². The van der Waals surface area contributed by atoms with Crippen LogP contribution in [0, 0.1) is 5.92 Å². The molecule has 0 spiro atoms. The van der Waals surface area contributed by atoms with Gasteiger partial charge in [-0.15, -0.1) is 0 Å². The number of nitrogens with two attached hydrogens (primary N) is 1. The molecule has 0 radical (unpaired) electrons. The molecule has 0 aliphatic heterocycles. The van der Waals surface area contributed by atoms with Crippen LogP contribution in [0.25, 0.3) is 0 Å². The maximum atomic E-state index is 10.9. The van der Waals surface area contributed by atoms with E-state index in [-0.39, 0.29) is 11.8 Å². The van der Waals surface area contributed by atoms with E-state index < -0.39 is 9.84 Å². The number of rotatable bonds is 8.